The first kappa shape index (κ1) is 17.3. The van der Waals surface area contributed by atoms with Gasteiger partial charge in [-0.05, 0) is 42.8 Å². The van der Waals surface area contributed by atoms with Crippen molar-refractivity contribution in [1.29, 1.82) is 0 Å². The molecular weight excluding hydrogens is 316 g/mol. The molecule has 1 aromatic carbocycles. The Balaban J connectivity index is 2.15. The molecule has 2 rings (SSSR count). The van der Waals surface area contributed by atoms with Crippen molar-refractivity contribution in [2.45, 2.75) is 26.4 Å². The molecule has 0 saturated carbocycles. The number of aryl methyl sites for hydroxylation is 1. The Morgan fingerprint density at radius 3 is 2.71 bits per heavy atom. The lowest BCUT2D eigenvalue weighted by Crippen LogP contribution is -2.27. The number of carbonyl (C=O) groups is 1. The number of carbonyl (C=O) groups excluding carboxylic acids is 1. The van der Waals surface area contributed by atoms with Gasteiger partial charge < -0.3 is 19.6 Å². The average molecular weight is 334 g/mol. The van der Waals surface area contributed by atoms with E-state index >= 15 is 0 Å². The molecule has 9 nitrogen and oxygen atoms in total. The summed E-state index contributed by atoms with van der Waals surface area (Å²) in [5.41, 5.74) is -0.181. The Bertz CT molecular complexity index is 763. The van der Waals surface area contributed by atoms with Gasteiger partial charge in [0.2, 0.25) is 6.33 Å². The third kappa shape index (κ3) is 4.45. The van der Waals surface area contributed by atoms with Crippen LogP contribution in [-0.4, -0.2) is 26.2 Å². The summed E-state index contributed by atoms with van der Waals surface area (Å²) in [6, 6.07) is 6.43. The average Bonchev–Trinajstić information content (AvgIpc) is 2.78. The van der Waals surface area contributed by atoms with E-state index in [9.17, 15) is 14.9 Å². The van der Waals surface area contributed by atoms with Crippen LogP contribution in [0.3, 0.4) is 0 Å². The van der Waals surface area contributed by atoms with Crippen LogP contribution in [0.5, 0.6) is 11.6 Å². The van der Waals surface area contributed by atoms with Crippen molar-refractivity contribution < 1.29 is 19.2 Å². The number of nitrogens with zero attached hydrogens (tertiary/aromatic N) is 3. The summed E-state index contributed by atoms with van der Waals surface area (Å²) in [6.45, 7) is 5.27. The van der Waals surface area contributed by atoms with E-state index in [1.54, 1.807) is 46.0 Å². The first-order chi connectivity index (χ1) is 11.2. The summed E-state index contributed by atoms with van der Waals surface area (Å²) in [5, 5.41) is 13.5. The topological polar surface area (TPSA) is 109 Å². The minimum absolute atomic E-state index is 0.00517. The van der Waals surface area contributed by atoms with Gasteiger partial charge in [0, 0.05) is 18.8 Å². The lowest BCUT2D eigenvalue weighted by atomic mass is 10.2. The van der Waals surface area contributed by atoms with Gasteiger partial charge in [0.15, 0.2) is 0 Å². The van der Waals surface area contributed by atoms with Gasteiger partial charge in [-0.15, -0.1) is 0 Å². The summed E-state index contributed by atoms with van der Waals surface area (Å²) >= 11 is 0. The molecule has 0 fully saturated rings. The highest BCUT2D eigenvalue weighted by molar-refractivity contribution is 5.85. The van der Waals surface area contributed by atoms with Crippen LogP contribution in [0.1, 0.15) is 20.8 Å². The minimum Gasteiger partial charge on any atom is -0.444 e. The standard InChI is InChI=1S/C15H18N4O5/c1-15(2,3)24-14(20)17-10-6-5-7-11(8-10)23-13-12(19(21)22)16-9-18(13)4/h5-9H,1-4H3,(H,17,20). The van der Waals surface area contributed by atoms with Crippen molar-refractivity contribution in [1.82, 2.24) is 9.55 Å². The second-order valence-corrected chi connectivity index (χ2v) is 6.00. The molecule has 0 spiro atoms. The number of nitro groups is 1. The van der Waals surface area contributed by atoms with E-state index in [-0.39, 0.29) is 11.7 Å². The van der Waals surface area contributed by atoms with E-state index in [0.29, 0.717) is 11.4 Å². The molecule has 1 amide bonds. The second-order valence-electron chi connectivity index (χ2n) is 6.00. The summed E-state index contributed by atoms with van der Waals surface area (Å²) < 4.78 is 12.1. The van der Waals surface area contributed by atoms with E-state index < -0.39 is 16.6 Å². The fourth-order valence-electron chi connectivity index (χ4n) is 1.82. The van der Waals surface area contributed by atoms with Crippen molar-refractivity contribution in [2.75, 3.05) is 5.32 Å². The molecule has 0 unspecified atom stereocenters. The van der Waals surface area contributed by atoms with E-state index in [4.69, 9.17) is 9.47 Å². The smallest absolute Gasteiger partial charge is 0.427 e. The van der Waals surface area contributed by atoms with Gasteiger partial charge >= 0.3 is 17.8 Å². The first-order valence-electron chi connectivity index (χ1n) is 7.09. The number of rotatable bonds is 4. The zero-order valence-electron chi connectivity index (χ0n) is 13.8. The molecule has 1 N–H and O–H groups in total. The second kappa shape index (κ2) is 6.57. The molecule has 0 radical (unpaired) electrons. The Kier molecular flexibility index (Phi) is 4.72. The third-order valence-electron chi connectivity index (χ3n) is 2.73. The van der Waals surface area contributed by atoms with E-state index in [1.807, 2.05) is 0 Å². The summed E-state index contributed by atoms with van der Waals surface area (Å²) in [5.74, 6) is -0.0762. The quantitative estimate of drug-likeness (QED) is 0.677. The SMILES string of the molecule is Cn1cnc([N+](=O)[O-])c1Oc1cccc(NC(=O)OC(C)(C)C)c1. The van der Waals surface area contributed by atoms with E-state index in [1.165, 1.54) is 17.0 Å². The Morgan fingerprint density at radius 1 is 1.38 bits per heavy atom. The van der Waals surface area contributed by atoms with E-state index in [0.717, 1.165) is 0 Å². The Labute approximate surface area is 138 Å². The highest BCUT2D eigenvalue weighted by atomic mass is 16.6. The van der Waals surface area contributed by atoms with Gasteiger partial charge in [0.05, 0.1) is 0 Å². The fraction of sp³-hybridized carbons (Fsp3) is 0.333. The number of ether oxygens (including phenoxy) is 2. The van der Waals surface area contributed by atoms with E-state index in [2.05, 4.69) is 10.3 Å². The largest absolute Gasteiger partial charge is 0.444 e. The van der Waals surface area contributed by atoms with Crippen molar-refractivity contribution in [2.24, 2.45) is 7.05 Å². The zero-order valence-corrected chi connectivity index (χ0v) is 13.8. The molecule has 1 heterocycles. The van der Waals surface area contributed by atoms with Crippen molar-refractivity contribution in [3.63, 3.8) is 0 Å². The number of amides is 1. The molecule has 0 aliphatic heterocycles. The molecule has 0 saturated heterocycles. The van der Waals surface area contributed by atoms with Crippen molar-refractivity contribution in [3.05, 3.63) is 40.7 Å². The van der Waals surface area contributed by atoms with Crippen LogP contribution in [0, 0.1) is 10.1 Å². The maximum atomic E-state index is 11.8. The number of hydrogen-bond donors (Lipinski definition) is 1. The van der Waals surface area contributed by atoms with Crippen LogP contribution >= 0.6 is 0 Å². The number of anilines is 1. The first-order valence-corrected chi connectivity index (χ1v) is 7.09. The zero-order chi connectivity index (χ0) is 17.9. The molecule has 1 aromatic heterocycles. The third-order valence-corrected chi connectivity index (χ3v) is 2.73. The predicted octanol–water partition coefficient (Wildman–Crippen LogP) is 3.47. The van der Waals surface area contributed by atoms with Crippen LogP contribution in [0.15, 0.2) is 30.6 Å². The molecule has 0 aliphatic carbocycles. The summed E-state index contributed by atoms with van der Waals surface area (Å²) in [6.07, 6.45) is 0.683. The van der Waals surface area contributed by atoms with Crippen LogP contribution < -0.4 is 10.1 Å². The van der Waals surface area contributed by atoms with Crippen LogP contribution in [-0.2, 0) is 11.8 Å². The highest BCUT2D eigenvalue weighted by Gasteiger charge is 2.22. The summed E-state index contributed by atoms with van der Waals surface area (Å²) in [7, 11) is 1.58. The van der Waals surface area contributed by atoms with Crippen molar-refractivity contribution in [3.8, 4) is 11.6 Å². The molecular formula is C15H18N4O5. The molecule has 0 aliphatic rings. The maximum absolute atomic E-state index is 11.8. The van der Waals surface area contributed by atoms with Gasteiger partial charge in [0.25, 0.3) is 0 Å². The minimum atomic E-state index is -0.627. The van der Waals surface area contributed by atoms with Crippen LogP contribution in [0.4, 0.5) is 16.3 Å². The molecule has 2 aromatic rings. The number of aromatic nitrogens is 2. The number of hydrogen-bond acceptors (Lipinski definition) is 6. The monoisotopic (exact) mass is 334 g/mol. The van der Waals surface area contributed by atoms with Crippen molar-refractivity contribution >= 4 is 17.6 Å². The van der Waals surface area contributed by atoms with Crippen LogP contribution in [0.25, 0.3) is 0 Å². The number of imidazole rings is 1. The Hall–Kier alpha value is -3.10. The van der Waals surface area contributed by atoms with Gasteiger partial charge in [0.1, 0.15) is 11.4 Å². The predicted molar refractivity (Wildman–Crippen MR) is 86.2 cm³/mol. The van der Waals surface area contributed by atoms with Gasteiger partial charge in [-0.1, -0.05) is 6.07 Å². The van der Waals surface area contributed by atoms with Gasteiger partial charge in [-0.2, -0.15) is 0 Å². The summed E-state index contributed by atoms with van der Waals surface area (Å²) in [4.78, 5) is 25.8. The fourth-order valence-corrected chi connectivity index (χ4v) is 1.82. The molecule has 0 bridgehead atoms. The lowest BCUT2D eigenvalue weighted by molar-refractivity contribution is -0.390. The lowest BCUT2D eigenvalue weighted by Gasteiger charge is -2.19. The van der Waals surface area contributed by atoms with Gasteiger partial charge in [-0.3, -0.25) is 9.88 Å². The highest BCUT2D eigenvalue weighted by Crippen LogP contribution is 2.30. The number of nitrogens with one attached hydrogen (secondary N) is 1. The maximum Gasteiger partial charge on any atom is 0.427 e. The van der Waals surface area contributed by atoms with Crippen LogP contribution in [0.2, 0.25) is 0 Å². The molecule has 0 atom stereocenters. The Morgan fingerprint density at radius 2 is 2.08 bits per heavy atom. The van der Waals surface area contributed by atoms with Gasteiger partial charge in [-0.25, -0.2) is 4.79 Å². The molecule has 9 heteroatoms. The number of benzene rings is 1. The normalized spacial score (nSPS) is 11.0. The molecule has 128 valence electrons. The molecule has 24 heavy (non-hydrogen) atoms.